The summed E-state index contributed by atoms with van der Waals surface area (Å²) in [5, 5.41) is 21.8. The third kappa shape index (κ3) is 11.7. The lowest BCUT2D eigenvalue weighted by atomic mass is 10.1. The van der Waals surface area contributed by atoms with Crippen molar-refractivity contribution in [1.29, 1.82) is 0 Å². The van der Waals surface area contributed by atoms with E-state index in [1.807, 2.05) is 6.92 Å². The fourth-order valence-corrected chi connectivity index (χ4v) is 2.09. The molecule has 0 unspecified atom stereocenters. The molecule has 0 aliphatic carbocycles. The Balaban J connectivity index is 0. The molecule has 0 aromatic rings. The Bertz CT molecular complexity index is 424. The maximum atomic E-state index is 11.8. The standard InChI is InChI=1S/C12H21N3O6S.ClH/c1-2-22-6-8(11(19)14-5-10(17)18)15-9(16)4-3-7(13)12(20)21;/h7-8H,2-6,13H2,1H3,(H,14,19)(H,15,16)(H,17,18)(H,20,21);1H/t7-,8-;/m0./s1. The Morgan fingerprint density at radius 1 is 1.22 bits per heavy atom. The summed E-state index contributed by atoms with van der Waals surface area (Å²) in [5.41, 5.74) is 5.29. The molecule has 6 N–H and O–H groups in total. The summed E-state index contributed by atoms with van der Waals surface area (Å²) in [7, 11) is 0. The molecule has 0 aromatic carbocycles. The second-order valence-corrected chi connectivity index (χ2v) is 5.69. The van der Waals surface area contributed by atoms with E-state index in [9.17, 15) is 19.2 Å². The van der Waals surface area contributed by atoms with Gasteiger partial charge in [0.05, 0.1) is 0 Å². The van der Waals surface area contributed by atoms with Gasteiger partial charge in [-0.25, -0.2) is 0 Å². The van der Waals surface area contributed by atoms with Gasteiger partial charge in [0.2, 0.25) is 11.8 Å². The van der Waals surface area contributed by atoms with Crippen molar-refractivity contribution in [1.82, 2.24) is 10.6 Å². The summed E-state index contributed by atoms with van der Waals surface area (Å²) in [5.74, 6) is -2.48. The first-order chi connectivity index (χ1) is 10.3. The molecule has 0 saturated heterocycles. The first-order valence-corrected chi connectivity index (χ1v) is 7.78. The van der Waals surface area contributed by atoms with Gasteiger partial charge in [-0.1, -0.05) is 6.92 Å². The van der Waals surface area contributed by atoms with Crippen LogP contribution in [0.5, 0.6) is 0 Å². The number of carbonyl (C=O) groups is 4. The first-order valence-electron chi connectivity index (χ1n) is 6.62. The topological polar surface area (TPSA) is 159 Å². The Kier molecular flexibility index (Phi) is 13.4. The number of hydrogen-bond donors (Lipinski definition) is 5. The normalized spacial score (nSPS) is 12.4. The van der Waals surface area contributed by atoms with Crippen LogP contribution in [0.1, 0.15) is 19.8 Å². The third-order valence-corrected chi connectivity index (χ3v) is 3.53. The zero-order valence-electron chi connectivity index (χ0n) is 12.6. The maximum absolute atomic E-state index is 11.8. The summed E-state index contributed by atoms with van der Waals surface area (Å²) in [6.45, 7) is 1.34. The molecule has 0 bridgehead atoms. The molecule has 2 atom stereocenters. The van der Waals surface area contributed by atoms with Gasteiger partial charge in [0.15, 0.2) is 0 Å². The zero-order chi connectivity index (χ0) is 17.1. The molecule has 0 rings (SSSR count). The van der Waals surface area contributed by atoms with Crippen LogP contribution >= 0.6 is 24.2 Å². The van der Waals surface area contributed by atoms with Gasteiger partial charge in [0, 0.05) is 12.2 Å². The van der Waals surface area contributed by atoms with Gasteiger partial charge < -0.3 is 26.6 Å². The molecule has 0 radical (unpaired) electrons. The molecule has 0 heterocycles. The van der Waals surface area contributed by atoms with Crippen molar-refractivity contribution in [3.8, 4) is 0 Å². The summed E-state index contributed by atoms with van der Waals surface area (Å²) in [6.07, 6.45) is -0.182. The van der Waals surface area contributed by atoms with Crippen molar-refractivity contribution in [2.24, 2.45) is 5.73 Å². The first kappa shape index (κ1) is 23.7. The molecule has 2 amide bonds. The molecule has 0 saturated carbocycles. The summed E-state index contributed by atoms with van der Waals surface area (Å²) in [4.78, 5) is 44.5. The van der Waals surface area contributed by atoms with Crippen LogP contribution in [0, 0.1) is 0 Å². The van der Waals surface area contributed by atoms with Crippen LogP contribution in [0.25, 0.3) is 0 Å². The van der Waals surface area contributed by atoms with Crippen LogP contribution in [0.15, 0.2) is 0 Å². The number of carboxylic acid groups (broad SMARTS) is 2. The minimum Gasteiger partial charge on any atom is -0.480 e. The number of halogens is 1. The van der Waals surface area contributed by atoms with E-state index >= 15 is 0 Å². The van der Waals surface area contributed by atoms with E-state index in [0.29, 0.717) is 5.75 Å². The smallest absolute Gasteiger partial charge is 0.322 e. The Hall–Kier alpha value is -1.52. The molecule has 0 aliphatic rings. The van der Waals surface area contributed by atoms with Crippen molar-refractivity contribution in [3.63, 3.8) is 0 Å². The highest BCUT2D eigenvalue weighted by molar-refractivity contribution is 7.99. The van der Waals surface area contributed by atoms with Crippen molar-refractivity contribution in [3.05, 3.63) is 0 Å². The van der Waals surface area contributed by atoms with E-state index < -0.39 is 42.4 Å². The number of aliphatic carboxylic acids is 2. The fourth-order valence-electron chi connectivity index (χ4n) is 1.38. The van der Waals surface area contributed by atoms with Crippen LogP contribution in [0.4, 0.5) is 0 Å². The van der Waals surface area contributed by atoms with Crippen molar-refractivity contribution in [2.45, 2.75) is 31.8 Å². The average molecular weight is 372 g/mol. The van der Waals surface area contributed by atoms with Gasteiger partial charge in [-0.05, 0) is 12.2 Å². The Labute approximate surface area is 144 Å². The summed E-state index contributed by atoms with van der Waals surface area (Å²) >= 11 is 1.41. The maximum Gasteiger partial charge on any atom is 0.322 e. The van der Waals surface area contributed by atoms with Crippen LogP contribution < -0.4 is 16.4 Å². The zero-order valence-corrected chi connectivity index (χ0v) is 14.2. The second-order valence-electron chi connectivity index (χ2n) is 4.37. The number of hydrogen-bond acceptors (Lipinski definition) is 6. The lowest BCUT2D eigenvalue weighted by molar-refractivity contribution is -0.139. The molecular weight excluding hydrogens is 350 g/mol. The lowest BCUT2D eigenvalue weighted by Gasteiger charge is -2.17. The van der Waals surface area contributed by atoms with Crippen LogP contribution in [-0.2, 0) is 19.2 Å². The van der Waals surface area contributed by atoms with E-state index in [4.69, 9.17) is 15.9 Å². The molecular formula is C12H22ClN3O6S. The van der Waals surface area contributed by atoms with Crippen molar-refractivity contribution < 1.29 is 29.4 Å². The molecule has 0 aromatic heterocycles. The van der Waals surface area contributed by atoms with Crippen LogP contribution in [-0.4, -0.2) is 64.1 Å². The number of nitrogens with one attached hydrogen (secondary N) is 2. The monoisotopic (exact) mass is 371 g/mol. The highest BCUT2D eigenvalue weighted by atomic mass is 35.5. The number of thioether (sulfide) groups is 1. The van der Waals surface area contributed by atoms with E-state index in [1.54, 1.807) is 0 Å². The summed E-state index contributed by atoms with van der Waals surface area (Å²) in [6, 6.07) is -2.02. The molecule has 23 heavy (non-hydrogen) atoms. The third-order valence-electron chi connectivity index (χ3n) is 2.55. The minimum absolute atomic E-state index is 0. The van der Waals surface area contributed by atoms with Gasteiger partial charge >= 0.3 is 11.9 Å². The van der Waals surface area contributed by atoms with E-state index in [0.717, 1.165) is 5.75 Å². The van der Waals surface area contributed by atoms with Crippen molar-refractivity contribution >= 4 is 47.9 Å². The molecule has 0 aliphatic heterocycles. The molecule has 134 valence electrons. The molecule has 11 heteroatoms. The van der Waals surface area contributed by atoms with E-state index in [2.05, 4.69) is 10.6 Å². The van der Waals surface area contributed by atoms with E-state index in [1.165, 1.54) is 11.8 Å². The van der Waals surface area contributed by atoms with Crippen LogP contribution in [0.2, 0.25) is 0 Å². The van der Waals surface area contributed by atoms with Gasteiger partial charge in [-0.15, -0.1) is 12.4 Å². The second kappa shape index (κ2) is 13.0. The molecule has 0 spiro atoms. The molecule has 9 nitrogen and oxygen atoms in total. The number of carbonyl (C=O) groups excluding carboxylic acids is 2. The highest BCUT2D eigenvalue weighted by Crippen LogP contribution is 2.04. The van der Waals surface area contributed by atoms with Crippen LogP contribution in [0.3, 0.4) is 0 Å². The number of nitrogens with two attached hydrogens (primary N) is 1. The van der Waals surface area contributed by atoms with Gasteiger partial charge in [-0.3, -0.25) is 19.2 Å². The SMILES string of the molecule is CCSC[C@H](NC(=O)CC[C@H](N)C(=O)O)C(=O)NCC(=O)O.Cl. The minimum atomic E-state index is -1.20. The lowest BCUT2D eigenvalue weighted by Crippen LogP contribution is -2.49. The van der Waals surface area contributed by atoms with Gasteiger partial charge in [0.25, 0.3) is 0 Å². The van der Waals surface area contributed by atoms with E-state index in [-0.39, 0.29) is 25.2 Å². The highest BCUT2D eigenvalue weighted by Gasteiger charge is 2.22. The number of carboxylic acids is 2. The Morgan fingerprint density at radius 2 is 1.83 bits per heavy atom. The quantitative estimate of drug-likeness (QED) is 0.310. The number of rotatable bonds is 11. The van der Waals surface area contributed by atoms with Gasteiger partial charge in [-0.2, -0.15) is 11.8 Å². The fraction of sp³-hybridized carbons (Fsp3) is 0.667. The Morgan fingerprint density at radius 3 is 2.30 bits per heavy atom. The van der Waals surface area contributed by atoms with Gasteiger partial charge in [0.1, 0.15) is 18.6 Å². The molecule has 0 fully saturated rings. The predicted molar refractivity (Wildman–Crippen MR) is 87.7 cm³/mol. The largest absolute Gasteiger partial charge is 0.480 e. The number of amides is 2. The predicted octanol–water partition coefficient (Wildman–Crippen LogP) is -0.961. The van der Waals surface area contributed by atoms with Crippen molar-refractivity contribution in [2.75, 3.05) is 18.1 Å². The average Bonchev–Trinajstić information content (AvgIpc) is 2.46. The summed E-state index contributed by atoms with van der Waals surface area (Å²) < 4.78 is 0.